The van der Waals surface area contributed by atoms with Gasteiger partial charge in [-0.15, -0.1) is 0 Å². The van der Waals surface area contributed by atoms with Crippen molar-refractivity contribution in [2.45, 2.75) is 39.5 Å². The van der Waals surface area contributed by atoms with Crippen molar-refractivity contribution in [2.24, 2.45) is 23.7 Å². The van der Waals surface area contributed by atoms with Crippen LogP contribution in [0.25, 0.3) is 0 Å². The van der Waals surface area contributed by atoms with Crippen LogP contribution in [0.3, 0.4) is 0 Å². The molecule has 0 aromatic heterocycles. The Morgan fingerprint density at radius 2 is 1.20 bits per heavy atom. The third-order valence-electron chi connectivity index (χ3n) is 3.87. The van der Waals surface area contributed by atoms with Crippen molar-refractivity contribution < 1.29 is 0 Å². The topological polar surface area (TPSA) is 0 Å². The lowest BCUT2D eigenvalue weighted by Crippen LogP contribution is -2.34. The van der Waals surface area contributed by atoms with E-state index in [4.69, 9.17) is 0 Å². The molecule has 0 aliphatic heterocycles. The Morgan fingerprint density at radius 1 is 0.800 bits per heavy atom. The SMILES string of the molecule is C[C@@H]1CC2CCC1C[C@@H]2C. The fourth-order valence-corrected chi connectivity index (χ4v) is 3.04. The van der Waals surface area contributed by atoms with Gasteiger partial charge in [-0.2, -0.15) is 0 Å². The largest absolute Gasteiger partial charge is 0.0622 e. The van der Waals surface area contributed by atoms with Gasteiger partial charge in [0.15, 0.2) is 0 Å². The van der Waals surface area contributed by atoms with Crippen molar-refractivity contribution in [1.29, 1.82) is 0 Å². The molecule has 3 rings (SSSR count). The summed E-state index contributed by atoms with van der Waals surface area (Å²) in [6.45, 7) is 4.89. The highest BCUT2D eigenvalue weighted by molar-refractivity contribution is 4.87. The third kappa shape index (κ3) is 0.889. The van der Waals surface area contributed by atoms with Crippen LogP contribution in [-0.4, -0.2) is 0 Å². The van der Waals surface area contributed by atoms with Crippen molar-refractivity contribution >= 4 is 0 Å². The van der Waals surface area contributed by atoms with Crippen LogP contribution in [0.4, 0.5) is 0 Å². The lowest BCUT2D eigenvalue weighted by Gasteiger charge is -2.45. The zero-order valence-corrected chi connectivity index (χ0v) is 7.14. The number of rotatable bonds is 0. The summed E-state index contributed by atoms with van der Waals surface area (Å²) < 4.78 is 0. The highest BCUT2D eigenvalue weighted by Gasteiger charge is 2.37. The van der Waals surface area contributed by atoms with E-state index in [-0.39, 0.29) is 0 Å². The Balaban J connectivity index is 2.09. The average Bonchev–Trinajstić information content (AvgIpc) is 1.91. The summed E-state index contributed by atoms with van der Waals surface area (Å²) in [5.74, 6) is 4.30. The van der Waals surface area contributed by atoms with Crippen LogP contribution >= 0.6 is 0 Å². The van der Waals surface area contributed by atoms with Gasteiger partial charge in [0, 0.05) is 0 Å². The van der Waals surface area contributed by atoms with Gasteiger partial charge in [-0.1, -0.05) is 13.8 Å². The smallest absolute Gasteiger partial charge is 0.0386 e. The molecule has 3 fully saturated rings. The fourth-order valence-electron chi connectivity index (χ4n) is 3.04. The first-order valence-corrected chi connectivity index (χ1v) is 4.77. The van der Waals surface area contributed by atoms with Crippen LogP contribution in [0.2, 0.25) is 0 Å². The molecule has 0 N–H and O–H groups in total. The highest BCUT2D eigenvalue weighted by atomic mass is 14.4. The molecule has 0 heterocycles. The van der Waals surface area contributed by atoms with Crippen LogP contribution in [0.1, 0.15) is 39.5 Å². The summed E-state index contributed by atoms with van der Waals surface area (Å²) in [6, 6.07) is 0. The summed E-state index contributed by atoms with van der Waals surface area (Å²) in [5.41, 5.74) is 0. The van der Waals surface area contributed by atoms with E-state index < -0.39 is 0 Å². The second-order valence-corrected chi connectivity index (χ2v) is 4.52. The van der Waals surface area contributed by atoms with Crippen LogP contribution in [0.5, 0.6) is 0 Å². The van der Waals surface area contributed by atoms with Gasteiger partial charge in [0.1, 0.15) is 0 Å². The predicted octanol–water partition coefficient (Wildman–Crippen LogP) is 3.08. The molecule has 3 aliphatic carbocycles. The minimum Gasteiger partial charge on any atom is -0.0622 e. The third-order valence-corrected chi connectivity index (χ3v) is 3.87. The van der Waals surface area contributed by atoms with Gasteiger partial charge in [-0.25, -0.2) is 0 Å². The van der Waals surface area contributed by atoms with Gasteiger partial charge in [0.25, 0.3) is 0 Å². The normalized spacial score (nSPS) is 53.4. The highest BCUT2D eigenvalue weighted by Crippen LogP contribution is 2.47. The Hall–Kier alpha value is 0. The van der Waals surface area contributed by atoms with Gasteiger partial charge in [0.05, 0.1) is 0 Å². The molecule has 10 heavy (non-hydrogen) atoms. The quantitative estimate of drug-likeness (QED) is 0.482. The molecule has 0 amide bonds. The van der Waals surface area contributed by atoms with Crippen LogP contribution in [0, 0.1) is 23.7 Å². The summed E-state index contributed by atoms with van der Waals surface area (Å²) in [7, 11) is 0. The lowest BCUT2D eigenvalue weighted by molar-refractivity contribution is 0.0590. The van der Waals surface area contributed by atoms with Crippen LogP contribution in [-0.2, 0) is 0 Å². The van der Waals surface area contributed by atoms with Gasteiger partial charge < -0.3 is 0 Å². The maximum Gasteiger partial charge on any atom is -0.0386 e. The van der Waals surface area contributed by atoms with E-state index in [1.807, 2.05) is 0 Å². The first kappa shape index (κ1) is 6.69. The van der Waals surface area contributed by atoms with Crippen LogP contribution in [0.15, 0.2) is 0 Å². The van der Waals surface area contributed by atoms with Crippen molar-refractivity contribution in [3.8, 4) is 0 Å². The van der Waals surface area contributed by atoms with E-state index in [2.05, 4.69) is 13.8 Å². The zero-order chi connectivity index (χ0) is 7.14. The number of fused-ring (bicyclic) bond motifs is 3. The number of hydrogen-bond donors (Lipinski definition) is 0. The summed E-state index contributed by atoms with van der Waals surface area (Å²) in [6.07, 6.45) is 6.14. The maximum atomic E-state index is 2.45. The number of hydrogen-bond acceptors (Lipinski definition) is 0. The van der Waals surface area contributed by atoms with E-state index in [1.54, 1.807) is 0 Å². The monoisotopic (exact) mass is 138 g/mol. The molecular weight excluding hydrogens is 120 g/mol. The molecule has 0 saturated heterocycles. The van der Waals surface area contributed by atoms with Gasteiger partial charge in [-0.3, -0.25) is 0 Å². The van der Waals surface area contributed by atoms with Gasteiger partial charge in [-0.05, 0) is 49.4 Å². The van der Waals surface area contributed by atoms with Crippen molar-refractivity contribution in [3.05, 3.63) is 0 Å². The molecule has 0 nitrogen and oxygen atoms in total. The van der Waals surface area contributed by atoms with E-state index in [9.17, 15) is 0 Å². The molecule has 4 atom stereocenters. The molecule has 0 radical (unpaired) electrons. The van der Waals surface area contributed by atoms with Crippen molar-refractivity contribution in [2.75, 3.05) is 0 Å². The second-order valence-electron chi connectivity index (χ2n) is 4.52. The molecule has 0 aromatic carbocycles. The first-order valence-electron chi connectivity index (χ1n) is 4.77. The van der Waals surface area contributed by atoms with Gasteiger partial charge in [0.2, 0.25) is 0 Å². The second kappa shape index (κ2) is 2.25. The summed E-state index contributed by atoms with van der Waals surface area (Å²) in [4.78, 5) is 0. The first-order chi connectivity index (χ1) is 4.77. The Bertz CT molecular complexity index is 112. The Kier molecular flexibility index (Phi) is 1.51. The Morgan fingerprint density at radius 3 is 1.40 bits per heavy atom. The molecule has 0 heteroatoms. The molecular formula is C10H18. The predicted molar refractivity (Wildman–Crippen MR) is 43.8 cm³/mol. The van der Waals surface area contributed by atoms with Crippen molar-refractivity contribution in [1.82, 2.24) is 0 Å². The molecule has 3 aliphatic rings. The molecule has 0 spiro atoms. The molecule has 3 saturated carbocycles. The fraction of sp³-hybridized carbons (Fsp3) is 1.00. The summed E-state index contributed by atoms with van der Waals surface area (Å²) in [5, 5.41) is 0. The van der Waals surface area contributed by atoms with Crippen LogP contribution < -0.4 is 0 Å². The minimum absolute atomic E-state index is 1.05. The van der Waals surface area contributed by atoms with E-state index >= 15 is 0 Å². The lowest BCUT2D eigenvalue weighted by atomic mass is 9.61. The molecule has 2 bridgehead atoms. The van der Waals surface area contributed by atoms with Crippen molar-refractivity contribution in [3.63, 3.8) is 0 Å². The Labute approximate surface area is 64.0 Å². The van der Waals surface area contributed by atoms with E-state index in [0.717, 1.165) is 23.7 Å². The maximum absolute atomic E-state index is 2.45. The average molecular weight is 138 g/mol. The molecule has 58 valence electrons. The standard InChI is InChI=1S/C10H18/c1-7-5-10-4-3-9(7)6-8(10)2/h7-10H,3-6H2,1-2H3/t7-,8+,9?,10?. The molecule has 2 unspecified atom stereocenters. The van der Waals surface area contributed by atoms with E-state index in [0.29, 0.717) is 0 Å². The van der Waals surface area contributed by atoms with E-state index in [1.165, 1.54) is 25.7 Å². The molecule has 0 aromatic rings. The summed E-state index contributed by atoms with van der Waals surface area (Å²) >= 11 is 0. The van der Waals surface area contributed by atoms with Gasteiger partial charge >= 0.3 is 0 Å². The minimum atomic E-state index is 1.05. The zero-order valence-electron chi connectivity index (χ0n) is 7.14.